The molecule has 180 valence electrons. The minimum atomic E-state index is -0.667. The number of likely N-dealkylation sites (tertiary alicyclic amines) is 1. The number of urea groups is 1. The van der Waals surface area contributed by atoms with Crippen LogP contribution in [0, 0.1) is 5.92 Å². The normalized spacial score (nSPS) is 18.1. The maximum atomic E-state index is 13.4. The van der Waals surface area contributed by atoms with E-state index in [2.05, 4.69) is 36.8 Å². The van der Waals surface area contributed by atoms with E-state index in [1.807, 2.05) is 62.4 Å². The zero-order chi connectivity index (χ0) is 24.3. The first kappa shape index (κ1) is 24.1. The summed E-state index contributed by atoms with van der Waals surface area (Å²) in [5, 5.41) is 8.62. The van der Waals surface area contributed by atoms with Crippen molar-refractivity contribution in [2.24, 2.45) is 5.92 Å². The molecule has 2 fully saturated rings. The lowest BCUT2D eigenvalue weighted by Crippen LogP contribution is -2.60. The van der Waals surface area contributed by atoms with Gasteiger partial charge in [0.15, 0.2) is 0 Å². The van der Waals surface area contributed by atoms with Crippen molar-refractivity contribution in [1.29, 1.82) is 0 Å². The van der Waals surface area contributed by atoms with Gasteiger partial charge in [0.05, 0.1) is 12.4 Å². The molecule has 2 aromatic rings. The molecule has 34 heavy (non-hydrogen) atoms. The lowest BCUT2D eigenvalue weighted by atomic mass is 9.85. The number of nitrogens with one attached hydrogen (secondary N) is 3. The molecule has 8 nitrogen and oxygen atoms in total. The summed E-state index contributed by atoms with van der Waals surface area (Å²) in [6, 6.07) is 16.1. The molecule has 9 heteroatoms. The Hall–Kier alpha value is -3.07. The van der Waals surface area contributed by atoms with Gasteiger partial charge in [0.25, 0.3) is 0 Å². The third kappa shape index (κ3) is 4.75. The number of carbonyl (C=O) groups excluding carboxylic acids is 3. The minimum absolute atomic E-state index is 0.00908. The Labute approximate surface area is 208 Å². The molecule has 0 saturated carbocycles. The van der Waals surface area contributed by atoms with Crippen LogP contribution in [0.1, 0.15) is 26.7 Å². The number of piperidine rings is 1. The van der Waals surface area contributed by atoms with E-state index in [1.54, 1.807) is 11.0 Å². The van der Waals surface area contributed by atoms with Gasteiger partial charge >= 0.3 is 6.03 Å². The van der Waals surface area contributed by atoms with Gasteiger partial charge in [-0.1, -0.05) is 44.2 Å². The van der Waals surface area contributed by atoms with Crippen LogP contribution >= 0.6 is 15.9 Å². The maximum absolute atomic E-state index is 13.4. The molecule has 2 heterocycles. The lowest BCUT2D eigenvalue weighted by molar-refractivity contribution is -0.137. The molecule has 2 aliphatic heterocycles. The topological polar surface area (TPSA) is 93.8 Å². The van der Waals surface area contributed by atoms with Crippen molar-refractivity contribution in [3.8, 4) is 0 Å². The molecule has 1 unspecified atom stereocenters. The van der Waals surface area contributed by atoms with Crippen molar-refractivity contribution in [2.75, 3.05) is 30.0 Å². The largest absolute Gasteiger partial charge is 0.341 e. The number of anilines is 2. The number of halogens is 1. The predicted molar refractivity (Wildman–Crippen MR) is 135 cm³/mol. The Kier molecular flexibility index (Phi) is 7.11. The molecule has 2 saturated heterocycles. The summed E-state index contributed by atoms with van der Waals surface area (Å²) >= 11 is 3.41. The van der Waals surface area contributed by atoms with E-state index in [4.69, 9.17) is 0 Å². The molecule has 2 aliphatic rings. The van der Waals surface area contributed by atoms with Gasteiger partial charge in [-0.3, -0.25) is 9.59 Å². The Morgan fingerprint density at radius 2 is 1.68 bits per heavy atom. The fourth-order valence-electron chi connectivity index (χ4n) is 4.70. The van der Waals surface area contributed by atoms with Crippen molar-refractivity contribution < 1.29 is 14.4 Å². The van der Waals surface area contributed by atoms with Crippen LogP contribution < -0.4 is 20.9 Å². The first-order valence-electron chi connectivity index (χ1n) is 11.5. The third-order valence-corrected chi connectivity index (χ3v) is 7.34. The molecule has 1 spiro atoms. The molecular weight excluding hydrogens is 498 g/mol. The molecule has 0 radical (unpaired) electrons. The van der Waals surface area contributed by atoms with Gasteiger partial charge < -0.3 is 25.8 Å². The second-order valence-corrected chi connectivity index (χ2v) is 9.94. The van der Waals surface area contributed by atoms with E-state index in [1.165, 1.54) is 0 Å². The Bertz CT molecular complexity index is 1050. The van der Waals surface area contributed by atoms with Gasteiger partial charge in [0, 0.05) is 23.2 Å². The quantitative estimate of drug-likeness (QED) is 0.554. The number of hydrogen-bond donors (Lipinski definition) is 3. The Morgan fingerprint density at radius 3 is 2.32 bits per heavy atom. The number of para-hydroxylation sites is 2. The predicted octanol–water partition coefficient (Wildman–Crippen LogP) is 3.55. The average Bonchev–Trinajstić information content (AvgIpc) is 3.14. The Balaban J connectivity index is 1.42. The van der Waals surface area contributed by atoms with Gasteiger partial charge in [-0.05, 0) is 59.0 Å². The van der Waals surface area contributed by atoms with Crippen LogP contribution in [0.5, 0.6) is 0 Å². The summed E-state index contributed by atoms with van der Waals surface area (Å²) in [5.41, 5.74) is 0.963. The number of hydrogen-bond acceptors (Lipinski definition) is 4. The zero-order valence-corrected chi connectivity index (χ0v) is 21.0. The summed E-state index contributed by atoms with van der Waals surface area (Å²) in [5.74, 6) is -0.212. The number of nitrogens with zero attached hydrogens (tertiary/aromatic N) is 2. The fraction of sp³-hybridized carbons (Fsp3) is 0.400. The first-order valence-corrected chi connectivity index (χ1v) is 12.3. The number of rotatable bonds is 5. The third-order valence-electron chi connectivity index (χ3n) is 6.65. The van der Waals surface area contributed by atoms with Crippen molar-refractivity contribution >= 4 is 45.2 Å². The zero-order valence-electron chi connectivity index (χ0n) is 19.4. The number of amides is 4. The van der Waals surface area contributed by atoms with E-state index in [0.717, 1.165) is 10.2 Å². The average molecular weight is 528 g/mol. The van der Waals surface area contributed by atoms with Crippen molar-refractivity contribution in [3.63, 3.8) is 0 Å². The van der Waals surface area contributed by atoms with Gasteiger partial charge in [-0.25, -0.2) is 4.79 Å². The van der Waals surface area contributed by atoms with E-state index < -0.39 is 17.6 Å². The van der Waals surface area contributed by atoms with Crippen LogP contribution in [0.4, 0.5) is 16.2 Å². The minimum Gasteiger partial charge on any atom is -0.341 e. The van der Waals surface area contributed by atoms with Crippen LogP contribution in [-0.2, 0) is 9.59 Å². The molecule has 3 N–H and O–H groups in total. The monoisotopic (exact) mass is 527 g/mol. The highest BCUT2D eigenvalue weighted by Gasteiger charge is 2.51. The van der Waals surface area contributed by atoms with Gasteiger partial charge in [0.2, 0.25) is 11.8 Å². The van der Waals surface area contributed by atoms with Crippen LogP contribution in [-0.4, -0.2) is 54.1 Å². The highest BCUT2D eigenvalue weighted by molar-refractivity contribution is 9.10. The number of carbonyl (C=O) groups is 3. The molecule has 0 bridgehead atoms. The lowest BCUT2D eigenvalue weighted by Gasteiger charge is -2.44. The van der Waals surface area contributed by atoms with Crippen molar-refractivity contribution in [2.45, 2.75) is 38.3 Å². The second-order valence-electron chi connectivity index (χ2n) is 9.08. The van der Waals surface area contributed by atoms with Crippen LogP contribution in [0.2, 0.25) is 0 Å². The molecule has 0 aliphatic carbocycles. The van der Waals surface area contributed by atoms with Gasteiger partial charge in [-0.2, -0.15) is 0 Å². The van der Waals surface area contributed by atoms with Crippen molar-refractivity contribution in [1.82, 2.24) is 15.5 Å². The second kappa shape index (κ2) is 10.0. The first-order chi connectivity index (χ1) is 16.3. The van der Waals surface area contributed by atoms with Crippen LogP contribution in [0.25, 0.3) is 0 Å². The Morgan fingerprint density at radius 1 is 1.03 bits per heavy atom. The maximum Gasteiger partial charge on any atom is 0.319 e. The molecule has 2 aromatic carbocycles. The molecule has 4 rings (SSSR count). The van der Waals surface area contributed by atoms with Crippen LogP contribution in [0.3, 0.4) is 0 Å². The molecule has 4 amide bonds. The molecule has 0 aromatic heterocycles. The van der Waals surface area contributed by atoms with Crippen molar-refractivity contribution in [3.05, 3.63) is 59.1 Å². The number of benzene rings is 2. The summed E-state index contributed by atoms with van der Waals surface area (Å²) in [4.78, 5) is 42.8. The van der Waals surface area contributed by atoms with Crippen LogP contribution in [0.15, 0.2) is 59.1 Å². The summed E-state index contributed by atoms with van der Waals surface area (Å²) < 4.78 is 0.761. The molecule has 1 atom stereocenters. The summed E-state index contributed by atoms with van der Waals surface area (Å²) in [6.07, 6.45) is 1.07. The summed E-state index contributed by atoms with van der Waals surface area (Å²) in [7, 11) is 0. The smallest absolute Gasteiger partial charge is 0.319 e. The summed E-state index contributed by atoms with van der Waals surface area (Å²) in [6.45, 7) is 5.18. The highest BCUT2D eigenvalue weighted by Crippen LogP contribution is 2.36. The standard InChI is InChI=1S/C25H30BrN5O3/c1-17(2)21(29-24(34)28-20-11-7-6-10-19(20)26)22(32)30-14-12-25(13-15-30)23(33)27-16-31(25)18-8-4-3-5-9-18/h3-11,17,21H,12-16H2,1-2H3,(H,27,33)(H2,28,29,34). The van der Waals surface area contributed by atoms with E-state index in [9.17, 15) is 14.4 Å². The van der Waals surface area contributed by atoms with E-state index in [-0.39, 0.29) is 17.7 Å². The van der Waals surface area contributed by atoms with E-state index in [0.29, 0.717) is 38.3 Å². The van der Waals surface area contributed by atoms with Gasteiger partial charge in [-0.15, -0.1) is 0 Å². The molecular formula is C25H30BrN5O3. The highest BCUT2D eigenvalue weighted by atomic mass is 79.9. The SMILES string of the molecule is CC(C)C(NC(=O)Nc1ccccc1Br)C(=O)N1CCC2(CC1)C(=O)NCN2c1ccccc1. The fourth-order valence-corrected chi connectivity index (χ4v) is 5.09. The van der Waals surface area contributed by atoms with Gasteiger partial charge in [0.1, 0.15) is 11.6 Å². The van der Waals surface area contributed by atoms with E-state index >= 15 is 0 Å².